The summed E-state index contributed by atoms with van der Waals surface area (Å²) in [5.74, 6) is 0.821. The fourth-order valence-electron chi connectivity index (χ4n) is 2.37. The summed E-state index contributed by atoms with van der Waals surface area (Å²) >= 11 is 6.23. The normalized spacial score (nSPS) is 11.3. The van der Waals surface area contributed by atoms with Gasteiger partial charge in [-0.3, -0.25) is 0 Å². The van der Waals surface area contributed by atoms with Gasteiger partial charge in [0.25, 0.3) is 0 Å². The Balaban J connectivity index is 1.85. The second kappa shape index (κ2) is 6.93. The molecule has 0 amide bonds. The van der Waals surface area contributed by atoms with E-state index in [2.05, 4.69) is 34.5 Å². The lowest BCUT2D eigenvalue weighted by Gasteiger charge is -2.09. The number of hydrogen-bond acceptors (Lipinski definition) is 4. The van der Waals surface area contributed by atoms with Crippen LogP contribution in [0.25, 0.3) is 11.0 Å². The van der Waals surface area contributed by atoms with Gasteiger partial charge in [-0.05, 0) is 11.6 Å². The Bertz CT molecular complexity index is 798. The second-order valence-corrected chi connectivity index (χ2v) is 6.14. The number of aromatic nitrogens is 4. The van der Waals surface area contributed by atoms with Crippen LogP contribution < -0.4 is 10.2 Å². The van der Waals surface area contributed by atoms with Gasteiger partial charge < -0.3 is 10.2 Å². The van der Waals surface area contributed by atoms with E-state index in [-0.39, 0.29) is 0 Å². The highest BCUT2D eigenvalue weighted by Crippen LogP contribution is 2.21. The Labute approximate surface area is 140 Å². The van der Waals surface area contributed by atoms with Crippen molar-refractivity contribution >= 4 is 28.5 Å². The van der Waals surface area contributed by atoms with E-state index in [0.717, 1.165) is 40.5 Å². The summed E-state index contributed by atoms with van der Waals surface area (Å²) in [7, 11) is 4.25. The molecule has 6 nitrogen and oxygen atoms in total. The summed E-state index contributed by atoms with van der Waals surface area (Å²) in [5.41, 5.74) is 1.82. The summed E-state index contributed by atoms with van der Waals surface area (Å²) in [5, 5.41) is 9.46. The highest BCUT2D eigenvalue weighted by molar-refractivity contribution is 6.31. The van der Waals surface area contributed by atoms with Crippen molar-refractivity contribution in [3.63, 3.8) is 0 Å². The molecule has 0 fully saturated rings. The molecule has 3 rings (SSSR count). The van der Waals surface area contributed by atoms with Crippen LogP contribution in [0.3, 0.4) is 0 Å². The van der Waals surface area contributed by atoms with E-state index in [1.807, 2.05) is 28.9 Å². The van der Waals surface area contributed by atoms with Crippen LogP contribution in [0.5, 0.6) is 0 Å². The second-order valence-electron chi connectivity index (χ2n) is 5.74. The van der Waals surface area contributed by atoms with E-state index in [4.69, 9.17) is 11.6 Å². The molecule has 7 heteroatoms. The van der Waals surface area contributed by atoms with Gasteiger partial charge in [0, 0.05) is 5.02 Å². The fourth-order valence-corrected chi connectivity index (χ4v) is 2.56. The summed E-state index contributed by atoms with van der Waals surface area (Å²) in [6, 6.07) is 7.77. The quantitative estimate of drug-likeness (QED) is 0.710. The lowest BCUT2D eigenvalue weighted by atomic mass is 10.2. The van der Waals surface area contributed by atoms with Crippen molar-refractivity contribution in [2.45, 2.75) is 6.54 Å². The molecule has 0 aliphatic heterocycles. The predicted octanol–water partition coefficient (Wildman–Crippen LogP) is 1.08. The van der Waals surface area contributed by atoms with Gasteiger partial charge in [0.1, 0.15) is 12.1 Å². The number of nitrogens with one attached hydrogen (secondary N) is 2. The van der Waals surface area contributed by atoms with Crippen LogP contribution in [-0.4, -0.2) is 46.9 Å². The first kappa shape index (κ1) is 15.7. The fraction of sp³-hybridized carbons (Fsp3) is 0.312. The van der Waals surface area contributed by atoms with E-state index < -0.39 is 0 Å². The third-order valence-corrected chi connectivity index (χ3v) is 4.00. The molecule has 0 saturated carbocycles. The molecule has 2 aromatic heterocycles. The van der Waals surface area contributed by atoms with Gasteiger partial charge in [-0.25, -0.2) is 14.6 Å². The van der Waals surface area contributed by atoms with E-state index in [9.17, 15) is 0 Å². The van der Waals surface area contributed by atoms with Crippen LogP contribution in [0, 0.1) is 0 Å². The molecule has 0 unspecified atom stereocenters. The Morgan fingerprint density at radius 3 is 2.83 bits per heavy atom. The number of anilines is 1. The van der Waals surface area contributed by atoms with Crippen molar-refractivity contribution in [3.05, 3.63) is 47.4 Å². The van der Waals surface area contributed by atoms with E-state index in [1.165, 1.54) is 4.90 Å². The van der Waals surface area contributed by atoms with Crippen molar-refractivity contribution in [1.82, 2.24) is 19.7 Å². The Kier molecular flexibility index (Phi) is 4.73. The topological polar surface area (TPSA) is 60.1 Å². The minimum Gasteiger partial charge on any atom is -0.364 e. The lowest BCUT2D eigenvalue weighted by Crippen LogP contribution is -3.06. The largest absolute Gasteiger partial charge is 0.364 e. The summed E-state index contributed by atoms with van der Waals surface area (Å²) in [6.07, 6.45) is 3.37. The van der Waals surface area contributed by atoms with Gasteiger partial charge >= 0.3 is 0 Å². The van der Waals surface area contributed by atoms with Gasteiger partial charge in [0.2, 0.25) is 0 Å². The van der Waals surface area contributed by atoms with Crippen molar-refractivity contribution in [2.24, 2.45) is 0 Å². The first-order valence-electron chi connectivity index (χ1n) is 7.58. The summed E-state index contributed by atoms with van der Waals surface area (Å²) in [4.78, 5) is 10.1. The minimum absolute atomic E-state index is 0.585. The maximum atomic E-state index is 6.23. The Hall–Kier alpha value is -2.18. The third-order valence-electron chi connectivity index (χ3n) is 3.63. The average molecular weight is 332 g/mol. The van der Waals surface area contributed by atoms with Crippen molar-refractivity contribution in [1.29, 1.82) is 0 Å². The molecular weight excluding hydrogens is 312 g/mol. The zero-order valence-electron chi connectivity index (χ0n) is 13.3. The zero-order chi connectivity index (χ0) is 16.2. The monoisotopic (exact) mass is 331 g/mol. The van der Waals surface area contributed by atoms with Crippen LogP contribution >= 0.6 is 11.6 Å². The van der Waals surface area contributed by atoms with Crippen LogP contribution in [-0.2, 0) is 6.54 Å². The number of hydrogen-bond donors (Lipinski definition) is 2. The van der Waals surface area contributed by atoms with Crippen LogP contribution in [0.4, 0.5) is 5.82 Å². The highest BCUT2D eigenvalue weighted by atomic mass is 35.5. The number of rotatable bonds is 6. The van der Waals surface area contributed by atoms with Crippen molar-refractivity contribution < 1.29 is 4.90 Å². The molecule has 0 atom stereocenters. The number of likely N-dealkylation sites (N-methyl/N-ethyl adjacent to an activating group) is 1. The Morgan fingerprint density at radius 1 is 1.22 bits per heavy atom. The molecule has 0 spiro atoms. The highest BCUT2D eigenvalue weighted by Gasteiger charge is 2.11. The molecule has 1 aromatic carbocycles. The molecule has 2 N–H and O–H groups in total. The van der Waals surface area contributed by atoms with E-state index >= 15 is 0 Å². The maximum Gasteiger partial charge on any atom is 0.163 e. The first-order chi connectivity index (χ1) is 11.1. The van der Waals surface area contributed by atoms with Gasteiger partial charge in [-0.2, -0.15) is 5.10 Å². The van der Waals surface area contributed by atoms with E-state index in [1.54, 1.807) is 12.5 Å². The van der Waals surface area contributed by atoms with Gasteiger partial charge in [-0.1, -0.05) is 29.8 Å². The molecule has 0 saturated heterocycles. The number of quaternary nitrogens is 1. The van der Waals surface area contributed by atoms with Crippen molar-refractivity contribution in [2.75, 3.05) is 32.5 Å². The summed E-state index contributed by atoms with van der Waals surface area (Å²) in [6.45, 7) is 2.45. The smallest absolute Gasteiger partial charge is 0.163 e. The van der Waals surface area contributed by atoms with Gasteiger partial charge in [-0.15, -0.1) is 0 Å². The van der Waals surface area contributed by atoms with Gasteiger partial charge in [0.15, 0.2) is 5.65 Å². The molecule has 23 heavy (non-hydrogen) atoms. The molecule has 3 aromatic rings. The predicted molar refractivity (Wildman–Crippen MR) is 92.0 cm³/mol. The molecule has 0 aliphatic rings. The average Bonchev–Trinajstić information content (AvgIpc) is 2.93. The standard InChI is InChI=1S/C16H19ClN6/c1-22(2)8-7-18-15-13-9-21-23(16(13)20-11-19-15)10-12-5-3-4-6-14(12)17/h3-6,9,11H,7-8,10H2,1-2H3,(H,18,19,20)/p+1. The van der Waals surface area contributed by atoms with Crippen LogP contribution in [0.2, 0.25) is 5.02 Å². The number of halogens is 1. The Morgan fingerprint density at radius 2 is 2.04 bits per heavy atom. The molecule has 0 aliphatic carbocycles. The maximum absolute atomic E-state index is 6.23. The van der Waals surface area contributed by atoms with Crippen LogP contribution in [0.1, 0.15) is 5.56 Å². The van der Waals surface area contributed by atoms with Crippen LogP contribution in [0.15, 0.2) is 36.8 Å². The van der Waals surface area contributed by atoms with Gasteiger partial charge in [0.05, 0.1) is 45.3 Å². The SMILES string of the molecule is C[NH+](C)CCNc1ncnc2c1cnn2Cc1ccccc1Cl. The number of nitrogens with zero attached hydrogens (tertiary/aromatic N) is 4. The number of fused-ring (bicyclic) bond motifs is 1. The molecular formula is C16H20ClN6+. The minimum atomic E-state index is 0.585. The molecule has 0 radical (unpaired) electrons. The summed E-state index contributed by atoms with van der Waals surface area (Å²) < 4.78 is 1.85. The molecule has 120 valence electrons. The lowest BCUT2D eigenvalue weighted by molar-refractivity contribution is -0.856. The number of benzene rings is 1. The zero-order valence-corrected chi connectivity index (χ0v) is 14.0. The first-order valence-corrected chi connectivity index (χ1v) is 7.96. The molecule has 2 heterocycles. The third kappa shape index (κ3) is 3.60. The van der Waals surface area contributed by atoms with E-state index in [0.29, 0.717) is 6.54 Å². The van der Waals surface area contributed by atoms with Crippen molar-refractivity contribution in [3.8, 4) is 0 Å². The molecule has 0 bridgehead atoms.